The quantitative estimate of drug-likeness (QED) is 0.857. The summed E-state index contributed by atoms with van der Waals surface area (Å²) in [7, 11) is 0. The number of rotatable bonds is 4. The lowest BCUT2D eigenvalue weighted by molar-refractivity contribution is -0.164. The van der Waals surface area contributed by atoms with Crippen molar-refractivity contribution in [1.29, 1.82) is 0 Å². The fourth-order valence-electron chi connectivity index (χ4n) is 3.28. The molecule has 2 aromatic rings. The van der Waals surface area contributed by atoms with Gasteiger partial charge in [0.05, 0.1) is 12.0 Å². The van der Waals surface area contributed by atoms with Crippen LogP contribution in [0.3, 0.4) is 0 Å². The smallest absolute Gasteiger partial charge is 0.343 e. The summed E-state index contributed by atoms with van der Waals surface area (Å²) >= 11 is 0. The van der Waals surface area contributed by atoms with Crippen LogP contribution in [0.2, 0.25) is 0 Å². The van der Waals surface area contributed by atoms with E-state index in [4.69, 9.17) is 4.74 Å². The van der Waals surface area contributed by atoms with Gasteiger partial charge in [0.2, 0.25) is 0 Å². The van der Waals surface area contributed by atoms with Gasteiger partial charge in [-0.3, -0.25) is 4.79 Å². The van der Waals surface area contributed by atoms with Gasteiger partial charge in [0, 0.05) is 12.0 Å². The standard InChI is InChI=1S/C22H22O4/c1-15(2)26-21(24)22(25)14-18(16-9-5-3-6-10-16)20(23)13-19(22)17-11-7-4-8-12-17/h3-13,15,18,25H,14H2,1-2H3/t18-,22+/m1/s1. The largest absolute Gasteiger partial charge is 0.461 e. The first-order chi connectivity index (χ1) is 12.4. The van der Waals surface area contributed by atoms with E-state index in [2.05, 4.69) is 0 Å². The molecule has 1 aliphatic carbocycles. The monoisotopic (exact) mass is 350 g/mol. The molecule has 134 valence electrons. The van der Waals surface area contributed by atoms with Gasteiger partial charge < -0.3 is 9.84 Å². The number of hydrogen-bond acceptors (Lipinski definition) is 4. The first kappa shape index (κ1) is 18.1. The van der Waals surface area contributed by atoms with Crippen molar-refractivity contribution in [2.75, 3.05) is 0 Å². The van der Waals surface area contributed by atoms with Gasteiger partial charge in [0.25, 0.3) is 0 Å². The van der Waals surface area contributed by atoms with Crippen molar-refractivity contribution in [3.8, 4) is 0 Å². The Balaban J connectivity index is 2.08. The third-order valence-electron chi connectivity index (χ3n) is 4.54. The van der Waals surface area contributed by atoms with Gasteiger partial charge in [0.15, 0.2) is 11.4 Å². The number of ketones is 1. The molecular formula is C22H22O4. The summed E-state index contributed by atoms with van der Waals surface area (Å²) < 4.78 is 5.32. The summed E-state index contributed by atoms with van der Waals surface area (Å²) in [5.41, 5.74) is -0.173. The average Bonchev–Trinajstić information content (AvgIpc) is 2.64. The van der Waals surface area contributed by atoms with Gasteiger partial charge in [0.1, 0.15) is 0 Å². The maximum Gasteiger partial charge on any atom is 0.343 e. The second-order valence-corrected chi connectivity index (χ2v) is 6.81. The van der Waals surface area contributed by atoms with Crippen molar-refractivity contribution in [1.82, 2.24) is 0 Å². The average molecular weight is 350 g/mol. The van der Waals surface area contributed by atoms with E-state index in [9.17, 15) is 14.7 Å². The molecule has 3 rings (SSSR count). The molecule has 0 unspecified atom stereocenters. The molecule has 0 aliphatic heterocycles. The normalized spacial score (nSPS) is 22.8. The summed E-state index contributed by atoms with van der Waals surface area (Å²) in [6, 6.07) is 18.2. The van der Waals surface area contributed by atoms with Crippen molar-refractivity contribution in [3.05, 3.63) is 77.9 Å². The predicted octanol–water partition coefficient (Wildman–Crippen LogP) is 3.51. The maximum atomic E-state index is 12.8. The number of carbonyl (C=O) groups is 2. The fraction of sp³-hybridized carbons (Fsp3) is 0.273. The Hall–Kier alpha value is -2.72. The van der Waals surface area contributed by atoms with E-state index >= 15 is 0 Å². The Morgan fingerprint density at radius 1 is 1.08 bits per heavy atom. The lowest BCUT2D eigenvalue weighted by Gasteiger charge is -2.36. The topological polar surface area (TPSA) is 63.6 Å². The summed E-state index contributed by atoms with van der Waals surface area (Å²) in [4.78, 5) is 25.5. The number of esters is 1. The molecular weight excluding hydrogens is 328 g/mol. The minimum atomic E-state index is -1.87. The van der Waals surface area contributed by atoms with E-state index in [1.165, 1.54) is 6.08 Å². The molecule has 0 saturated heterocycles. The Kier molecular flexibility index (Phi) is 5.05. The third-order valence-corrected chi connectivity index (χ3v) is 4.54. The molecule has 0 fully saturated rings. The van der Waals surface area contributed by atoms with Crippen LogP contribution in [0.25, 0.3) is 5.57 Å². The van der Waals surface area contributed by atoms with E-state index in [1.54, 1.807) is 38.1 Å². The minimum absolute atomic E-state index is 0.0396. The Bertz CT molecular complexity index is 824. The van der Waals surface area contributed by atoms with Gasteiger partial charge in [-0.15, -0.1) is 0 Å². The van der Waals surface area contributed by atoms with Crippen molar-refractivity contribution in [2.24, 2.45) is 0 Å². The van der Waals surface area contributed by atoms with Crippen molar-refractivity contribution in [2.45, 2.75) is 37.9 Å². The van der Waals surface area contributed by atoms with Crippen LogP contribution in [0.15, 0.2) is 66.7 Å². The van der Waals surface area contributed by atoms with E-state index in [-0.39, 0.29) is 18.3 Å². The number of hydrogen-bond donors (Lipinski definition) is 1. The van der Waals surface area contributed by atoms with Crippen LogP contribution in [0, 0.1) is 0 Å². The summed E-state index contributed by atoms with van der Waals surface area (Å²) in [6.07, 6.45) is 0.983. The van der Waals surface area contributed by atoms with Crippen molar-refractivity contribution < 1.29 is 19.4 Å². The SMILES string of the molecule is CC(C)OC(=O)[C@]1(O)C[C@H](c2ccccc2)C(=O)C=C1c1ccccc1. The molecule has 26 heavy (non-hydrogen) atoms. The van der Waals surface area contributed by atoms with Crippen LogP contribution in [0.5, 0.6) is 0 Å². The van der Waals surface area contributed by atoms with Crippen LogP contribution in [-0.4, -0.2) is 28.6 Å². The molecule has 0 amide bonds. The number of allylic oxidation sites excluding steroid dienone is 1. The molecule has 0 aromatic heterocycles. The van der Waals surface area contributed by atoms with Crippen LogP contribution < -0.4 is 0 Å². The molecule has 0 bridgehead atoms. The van der Waals surface area contributed by atoms with E-state index in [1.807, 2.05) is 36.4 Å². The molecule has 0 saturated carbocycles. The van der Waals surface area contributed by atoms with Crippen molar-refractivity contribution in [3.63, 3.8) is 0 Å². The van der Waals surface area contributed by atoms with Gasteiger partial charge in [-0.2, -0.15) is 0 Å². The van der Waals surface area contributed by atoms with E-state index in [0.29, 0.717) is 11.1 Å². The number of ether oxygens (including phenoxy) is 1. The predicted molar refractivity (Wildman–Crippen MR) is 99.4 cm³/mol. The van der Waals surface area contributed by atoms with Crippen molar-refractivity contribution >= 4 is 17.3 Å². The Morgan fingerprint density at radius 2 is 1.65 bits per heavy atom. The highest BCUT2D eigenvalue weighted by Gasteiger charge is 2.49. The highest BCUT2D eigenvalue weighted by molar-refractivity contribution is 6.10. The summed E-state index contributed by atoms with van der Waals surface area (Å²) in [5, 5.41) is 11.4. The molecule has 4 nitrogen and oxygen atoms in total. The molecule has 2 atom stereocenters. The number of carbonyl (C=O) groups excluding carboxylic acids is 2. The van der Waals surface area contributed by atoms with Crippen LogP contribution in [-0.2, 0) is 14.3 Å². The lowest BCUT2D eigenvalue weighted by Crippen LogP contribution is -2.47. The maximum absolute atomic E-state index is 12.8. The zero-order valence-electron chi connectivity index (χ0n) is 14.9. The molecule has 2 aromatic carbocycles. The zero-order valence-corrected chi connectivity index (χ0v) is 14.9. The minimum Gasteiger partial charge on any atom is -0.461 e. The molecule has 1 aliphatic rings. The highest BCUT2D eigenvalue weighted by atomic mass is 16.6. The summed E-state index contributed by atoms with van der Waals surface area (Å²) in [6.45, 7) is 3.46. The number of benzene rings is 2. The third kappa shape index (κ3) is 3.46. The Labute approximate surface area is 153 Å². The molecule has 0 radical (unpaired) electrons. The molecule has 0 heterocycles. The highest BCUT2D eigenvalue weighted by Crippen LogP contribution is 2.42. The molecule has 4 heteroatoms. The summed E-state index contributed by atoms with van der Waals surface area (Å²) in [5.74, 6) is -1.44. The van der Waals surface area contributed by atoms with E-state index < -0.39 is 17.5 Å². The van der Waals surface area contributed by atoms with Gasteiger partial charge >= 0.3 is 5.97 Å². The van der Waals surface area contributed by atoms with Crippen LogP contribution in [0.4, 0.5) is 0 Å². The first-order valence-corrected chi connectivity index (χ1v) is 8.71. The zero-order chi connectivity index (χ0) is 18.7. The van der Waals surface area contributed by atoms with Crippen LogP contribution >= 0.6 is 0 Å². The van der Waals surface area contributed by atoms with Gasteiger partial charge in [-0.05, 0) is 31.1 Å². The number of aliphatic hydroxyl groups is 1. The van der Waals surface area contributed by atoms with Gasteiger partial charge in [-0.1, -0.05) is 60.7 Å². The van der Waals surface area contributed by atoms with Crippen LogP contribution in [0.1, 0.15) is 37.3 Å². The second kappa shape index (κ2) is 7.26. The lowest BCUT2D eigenvalue weighted by atomic mass is 9.72. The molecule has 1 N–H and O–H groups in total. The second-order valence-electron chi connectivity index (χ2n) is 6.81. The fourth-order valence-corrected chi connectivity index (χ4v) is 3.28. The molecule has 0 spiro atoms. The van der Waals surface area contributed by atoms with E-state index in [0.717, 1.165) is 5.56 Å². The first-order valence-electron chi connectivity index (χ1n) is 8.71. The van der Waals surface area contributed by atoms with Gasteiger partial charge in [-0.25, -0.2) is 4.79 Å². The Morgan fingerprint density at radius 3 is 2.23 bits per heavy atom.